The zero-order chi connectivity index (χ0) is 13.2. The molecule has 2 aliphatic heterocycles. The van der Waals surface area contributed by atoms with Crippen LogP contribution in [0.4, 0.5) is 0 Å². The Balaban J connectivity index is 1.97. The zero-order valence-corrected chi connectivity index (χ0v) is 11.2. The van der Waals surface area contributed by atoms with E-state index in [2.05, 4.69) is 10.2 Å². The van der Waals surface area contributed by atoms with E-state index in [4.69, 9.17) is 5.73 Å². The second-order valence-corrected chi connectivity index (χ2v) is 5.76. The quantitative estimate of drug-likeness (QED) is 0.652. The van der Waals surface area contributed by atoms with E-state index < -0.39 is 5.60 Å². The summed E-state index contributed by atoms with van der Waals surface area (Å²) in [4.78, 5) is 13.4. The fourth-order valence-electron chi connectivity index (χ4n) is 3.26. The molecule has 2 aliphatic rings. The Hall–Kier alpha value is -0.650. The number of amides is 1. The van der Waals surface area contributed by atoms with Crippen molar-refractivity contribution in [1.82, 2.24) is 10.2 Å². The fourth-order valence-corrected chi connectivity index (χ4v) is 3.26. The molecule has 0 unspecified atom stereocenters. The SMILES string of the molecule is C[C@@H](NC[C@]1(O)CCCN2CCCC[C@@H]21)C(N)=O. The van der Waals surface area contributed by atoms with Gasteiger partial charge in [-0.15, -0.1) is 0 Å². The highest BCUT2D eigenvalue weighted by Gasteiger charge is 2.43. The second kappa shape index (κ2) is 5.55. The Morgan fingerprint density at radius 3 is 2.94 bits per heavy atom. The van der Waals surface area contributed by atoms with Crippen molar-refractivity contribution in [3.63, 3.8) is 0 Å². The van der Waals surface area contributed by atoms with E-state index in [1.807, 2.05) is 0 Å². The molecule has 0 aromatic carbocycles. The average molecular weight is 255 g/mol. The maximum absolute atomic E-state index is 11.0. The Bertz CT molecular complexity index is 309. The Morgan fingerprint density at radius 1 is 1.50 bits per heavy atom. The topological polar surface area (TPSA) is 78.6 Å². The molecule has 0 spiro atoms. The second-order valence-electron chi connectivity index (χ2n) is 5.76. The molecule has 4 N–H and O–H groups in total. The molecule has 2 saturated heterocycles. The monoisotopic (exact) mass is 255 g/mol. The first-order chi connectivity index (χ1) is 8.53. The normalized spacial score (nSPS) is 34.9. The van der Waals surface area contributed by atoms with Gasteiger partial charge in [0.2, 0.25) is 5.91 Å². The summed E-state index contributed by atoms with van der Waals surface area (Å²) in [5, 5.41) is 13.9. The van der Waals surface area contributed by atoms with E-state index in [9.17, 15) is 9.90 Å². The van der Waals surface area contributed by atoms with Crippen molar-refractivity contribution in [2.45, 2.75) is 56.7 Å². The van der Waals surface area contributed by atoms with Crippen LogP contribution in [0.5, 0.6) is 0 Å². The van der Waals surface area contributed by atoms with Crippen LogP contribution in [0.15, 0.2) is 0 Å². The fraction of sp³-hybridized carbons (Fsp3) is 0.923. The van der Waals surface area contributed by atoms with Gasteiger partial charge in [-0.25, -0.2) is 0 Å². The van der Waals surface area contributed by atoms with Crippen LogP contribution < -0.4 is 11.1 Å². The highest BCUT2D eigenvalue weighted by Crippen LogP contribution is 2.33. The van der Waals surface area contributed by atoms with Crippen molar-refractivity contribution in [2.24, 2.45) is 5.73 Å². The molecule has 2 fully saturated rings. The van der Waals surface area contributed by atoms with Gasteiger partial charge < -0.3 is 16.2 Å². The van der Waals surface area contributed by atoms with Crippen LogP contribution in [0.3, 0.4) is 0 Å². The Kier molecular flexibility index (Phi) is 4.25. The lowest BCUT2D eigenvalue weighted by atomic mass is 9.79. The molecule has 104 valence electrons. The number of nitrogens with two attached hydrogens (primary N) is 1. The third-order valence-corrected chi connectivity index (χ3v) is 4.43. The number of nitrogens with zero attached hydrogens (tertiary/aromatic N) is 1. The van der Waals surface area contributed by atoms with E-state index in [-0.39, 0.29) is 18.0 Å². The molecule has 0 saturated carbocycles. The minimum Gasteiger partial charge on any atom is -0.387 e. The van der Waals surface area contributed by atoms with Crippen LogP contribution >= 0.6 is 0 Å². The third-order valence-electron chi connectivity index (χ3n) is 4.43. The van der Waals surface area contributed by atoms with Gasteiger partial charge in [-0.3, -0.25) is 9.69 Å². The van der Waals surface area contributed by atoms with Crippen molar-refractivity contribution in [2.75, 3.05) is 19.6 Å². The molecule has 2 rings (SSSR count). The van der Waals surface area contributed by atoms with Gasteiger partial charge in [0, 0.05) is 12.6 Å². The van der Waals surface area contributed by atoms with E-state index >= 15 is 0 Å². The summed E-state index contributed by atoms with van der Waals surface area (Å²) in [6, 6.07) is -0.138. The van der Waals surface area contributed by atoms with Crippen molar-refractivity contribution in [3.05, 3.63) is 0 Å². The molecule has 18 heavy (non-hydrogen) atoms. The van der Waals surface area contributed by atoms with E-state index in [1.54, 1.807) is 6.92 Å². The zero-order valence-electron chi connectivity index (χ0n) is 11.2. The highest BCUT2D eigenvalue weighted by molar-refractivity contribution is 5.79. The Morgan fingerprint density at radius 2 is 2.22 bits per heavy atom. The van der Waals surface area contributed by atoms with Crippen LogP contribution in [-0.2, 0) is 4.79 Å². The number of aliphatic hydroxyl groups is 1. The smallest absolute Gasteiger partial charge is 0.234 e. The number of carbonyl (C=O) groups is 1. The van der Waals surface area contributed by atoms with Crippen LogP contribution in [0.25, 0.3) is 0 Å². The van der Waals surface area contributed by atoms with Gasteiger partial charge in [0.15, 0.2) is 0 Å². The lowest BCUT2D eigenvalue weighted by Crippen LogP contribution is -2.63. The molecule has 3 atom stereocenters. The standard InChI is InChI=1S/C13H25N3O2/c1-10(12(14)17)15-9-13(18)6-4-8-16-7-3-2-5-11(13)16/h10-11,15,18H,2-9H2,1H3,(H2,14,17)/t10-,11-,13-/m1/s1. The third kappa shape index (κ3) is 2.84. The largest absolute Gasteiger partial charge is 0.387 e. The first kappa shape index (κ1) is 13.8. The number of rotatable bonds is 4. The maximum atomic E-state index is 11.0. The lowest BCUT2D eigenvalue weighted by molar-refractivity contribution is -0.121. The Labute approximate surface area is 109 Å². The molecule has 5 heteroatoms. The first-order valence-electron chi connectivity index (χ1n) is 7.02. The number of piperidine rings is 2. The van der Waals surface area contributed by atoms with Crippen molar-refractivity contribution < 1.29 is 9.90 Å². The maximum Gasteiger partial charge on any atom is 0.234 e. The van der Waals surface area contributed by atoms with E-state index in [1.165, 1.54) is 12.8 Å². The minimum atomic E-state index is -0.706. The summed E-state index contributed by atoms with van der Waals surface area (Å²) < 4.78 is 0. The number of hydrogen-bond acceptors (Lipinski definition) is 4. The number of hydrogen-bond donors (Lipinski definition) is 3. The molecular formula is C13H25N3O2. The molecule has 1 amide bonds. The summed E-state index contributed by atoms with van der Waals surface area (Å²) in [6.07, 6.45) is 5.32. The summed E-state index contributed by atoms with van der Waals surface area (Å²) in [7, 11) is 0. The molecule has 0 bridgehead atoms. The van der Waals surface area contributed by atoms with Crippen molar-refractivity contribution in [1.29, 1.82) is 0 Å². The predicted octanol–water partition coefficient (Wildman–Crippen LogP) is -0.171. The van der Waals surface area contributed by atoms with Gasteiger partial charge in [-0.2, -0.15) is 0 Å². The molecular weight excluding hydrogens is 230 g/mol. The number of primary amides is 1. The van der Waals surface area contributed by atoms with Crippen molar-refractivity contribution in [3.8, 4) is 0 Å². The molecule has 0 aromatic heterocycles. The van der Waals surface area contributed by atoms with Gasteiger partial charge in [-0.1, -0.05) is 6.42 Å². The minimum absolute atomic E-state index is 0.243. The lowest BCUT2D eigenvalue weighted by Gasteiger charge is -2.49. The predicted molar refractivity (Wildman–Crippen MR) is 70.1 cm³/mol. The summed E-state index contributed by atoms with van der Waals surface area (Å²) >= 11 is 0. The van der Waals surface area contributed by atoms with Gasteiger partial charge in [0.25, 0.3) is 0 Å². The highest BCUT2D eigenvalue weighted by atomic mass is 16.3. The van der Waals surface area contributed by atoms with Gasteiger partial charge in [-0.05, 0) is 45.7 Å². The van der Waals surface area contributed by atoms with Crippen molar-refractivity contribution >= 4 is 5.91 Å². The number of carbonyl (C=O) groups excluding carboxylic acids is 1. The molecule has 0 radical (unpaired) electrons. The van der Waals surface area contributed by atoms with Gasteiger partial charge in [0.1, 0.15) is 0 Å². The van der Waals surface area contributed by atoms with Crippen LogP contribution in [0, 0.1) is 0 Å². The molecule has 0 aliphatic carbocycles. The first-order valence-corrected chi connectivity index (χ1v) is 7.02. The molecule has 5 nitrogen and oxygen atoms in total. The molecule has 0 aromatic rings. The summed E-state index contributed by atoms with van der Waals surface area (Å²) in [5.41, 5.74) is 4.53. The summed E-state index contributed by atoms with van der Waals surface area (Å²) in [6.45, 7) is 4.39. The molecule has 2 heterocycles. The van der Waals surface area contributed by atoms with E-state index in [0.717, 1.165) is 32.4 Å². The van der Waals surface area contributed by atoms with Crippen LogP contribution in [0.2, 0.25) is 0 Å². The van der Waals surface area contributed by atoms with Gasteiger partial charge in [0.05, 0.1) is 11.6 Å². The van der Waals surface area contributed by atoms with Crippen LogP contribution in [-0.4, -0.2) is 53.2 Å². The average Bonchev–Trinajstić information content (AvgIpc) is 2.36. The van der Waals surface area contributed by atoms with Gasteiger partial charge >= 0.3 is 0 Å². The van der Waals surface area contributed by atoms with E-state index in [0.29, 0.717) is 6.54 Å². The van der Waals surface area contributed by atoms with Crippen LogP contribution in [0.1, 0.15) is 39.0 Å². The summed E-state index contributed by atoms with van der Waals surface area (Å²) in [5.74, 6) is -0.366. The number of fused-ring (bicyclic) bond motifs is 1. The number of nitrogens with one attached hydrogen (secondary N) is 1.